The number of nitrogens with zero attached hydrogens (tertiary/aromatic N) is 5. The minimum absolute atomic E-state index is 0.0282. The SMILES string of the molecule is CC1CCN(C)c2ccnc3ccc(nc23)-n2c(=O)[nH]c3nccc(c32)O1. The van der Waals surface area contributed by atoms with Gasteiger partial charge >= 0.3 is 5.69 Å². The third-order valence-corrected chi connectivity index (χ3v) is 4.93. The van der Waals surface area contributed by atoms with Gasteiger partial charge in [0.2, 0.25) is 0 Å². The van der Waals surface area contributed by atoms with Crippen LogP contribution in [0.4, 0.5) is 5.69 Å². The molecule has 5 heterocycles. The molecule has 0 amide bonds. The highest BCUT2D eigenvalue weighted by molar-refractivity contribution is 5.89. The molecule has 0 radical (unpaired) electrons. The summed E-state index contributed by atoms with van der Waals surface area (Å²) in [5.41, 5.74) is 3.30. The Morgan fingerprint density at radius 1 is 1.19 bits per heavy atom. The number of pyridine rings is 3. The van der Waals surface area contributed by atoms with Crippen LogP contribution in [0.15, 0.2) is 41.5 Å². The van der Waals surface area contributed by atoms with Gasteiger partial charge in [0, 0.05) is 38.5 Å². The molecule has 8 nitrogen and oxygen atoms in total. The zero-order chi connectivity index (χ0) is 18.5. The van der Waals surface area contributed by atoms with Crippen molar-refractivity contribution in [3.05, 3.63) is 47.1 Å². The van der Waals surface area contributed by atoms with E-state index >= 15 is 0 Å². The van der Waals surface area contributed by atoms with Crippen molar-refractivity contribution in [2.45, 2.75) is 19.4 Å². The highest BCUT2D eigenvalue weighted by Gasteiger charge is 2.20. The molecule has 136 valence electrons. The molecule has 0 saturated heterocycles. The number of aromatic nitrogens is 5. The standard InChI is InChI=1S/C19H18N6O2/c1-11-7-10-24(2)13-5-8-20-12-3-4-15(22-16(12)13)25-17-14(27-11)6-9-21-18(17)23-19(25)26/h3-6,8-9,11H,7,10H2,1-2H3,(H,21,23,26). The number of imidazole rings is 1. The van der Waals surface area contributed by atoms with Crippen LogP contribution in [0.2, 0.25) is 0 Å². The number of rotatable bonds is 0. The largest absolute Gasteiger partial charge is 0.488 e. The third-order valence-electron chi connectivity index (χ3n) is 4.93. The monoisotopic (exact) mass is 362 g/mol. The fourth-order valence-electron chi connectivity index (χ4n) is 3.52. The first-order valence-electron chi connectivity index (χ1n) is 8.85. The van der Waals surface area contributed by atoms with Crippen LogP contribution >= 0.6 is 0 Å². The number of nitrogens with one attached hydrogen (secondary N) is 1. The van der Waals surface area contributed by atoms with E-state index < -0.39 is 0 Å². The lowest BCUT2D eigenvalue weighted by molar-refractivity contribution is 0.215. The molecular weight excluding hydrogens is 344 g/mol. The average Bonchev–Trinajstić information content (AvgIpc) is 3.01. The van der Waals surface area contributed by atoms with E-state index in [1.807, 2.05) is 26.1 Å². The second-order valence-corrected chi connectivity index (χ2v) is 6.78. The van der Waals surface area contributed by atoms with Crippen LogP contribution in [0.25, 0.3) is 28.0 Å². The van der Waals surface area contributed by atoms with Gasteiger partial charge in [-0.05, 0) is 25.1 Å². The van der Waals surface area contributed by atoms with Gasteiger partial charge in [-0.2, -0.15) is 0 Å². The molecule has 4 aromatic heterocycles. The number of H-pyrrole nitrogens is 1. The van der Waals surface area contributed by atoms with E-state index in [0.717, 1.165) is 29.7 Å². The van der Waals surface area contributed by atoms with E-state index in [0.29, 0.717) is 22.7 Å². The Labute approximate surface area is 154 Å². The molecule has 2 bridgehead atoms. The van der Waals surface area contributed by atoms with Crippen molar-refractivity contribution in [1.82, 2.24) is 24.5 Å². The summed E-state index contributed by atoms with van der Waals surface area (Å²) < 4.78 is 7.68. The van der Waals surface area contributed by atoms with Gasteiger partial charge in [-0.15, -0.1) is 0 Å². The van der Waals surface area contributed by atoms with E-state index in [1.54, 1.807) is 24.5 Å². The molecule has 27 heavy (non-hydrogen) atoms. The molecule has 0 fully saturated rings. The number of anilines is 1. The number of hydrogen-bond donors (Lipinski definition) is 1. The molecular formula is C19H18N6O2. The minimum atomic E-state index is -0.302. The van der Waals surface area contributed by atoms with Gasteiger partial charge in [-0.1, -0.05) is 0 Å². The van der Waals surface area contributed by atoms with Crippen LogP contribution in [-0.2, 0) is 0 Å². The molecule has 0 aliphatic carbocycles. The topological polar surface area (TPSA) is 88.9 Å². The van der Waals surface area contributed by atoms with Crippen molar-refractivity contribution < 1.29 is 4.74 Å². The Kier molecular flexibility index (Phi) is 3.40. The first-order chi connectivity index (χ1) is 13.1. The van der Waals surface area contributed by atoms with Gasteiger partial charge in [-0.3, -0.25) is 9.97 Å². The number of fused-ring (bicyclic) bond motifs is 2. The highest BCUT2D eigenvalue weighted by Crippen LogP contribution is 2.29. The van der Waals surface area contributed by atoms with E-state index in [-0.39, 0.29) is 11.8 Å². The summed E-state index contributed by atoms with van der Waals surface area (Å²) in [7, 11) is 2.03. The summed E-state index contributed by atoms with van der Waals surface area (Å²) >= 11 is 0. The normalized spacial score (nSPS) is 17.0. The summed E-state index contributed by atoms with van der Waals surface area (Å²) in [5.74, 6) is 1.12. The van der Waals surface area contributed by atoms with Gasteiger partial charge in [0.1, 0.15) is 22.6 Å². The lowest BCUT2D eigenvalue weighted by Gasteiger charge is -2.24. The molecule has 1 aliphatic rings. The van der Waals surface area contributed by atoms with Crippen LogP contribution in [0, 0.1) is 0 Å². The maximum atomic E-state index is 12.7. The molecule has 5 rings (SSSR count). The van der Waals surface area contributed by atoms with Gasteiger partial charge in [0.25, 0.3) is 0 Å². The van der Waals surface area contributed by atoms with Crippen LogP contribution in [-0.4, -0.2) is 44.2 Å². The molecule has 0 aromatic carbocycles. The van der Waals surface area contributed by atoms with E-state index in [9.17, 15) is 4.79 Å². The third kappa shape index (κ3) is 2.44. The molecule has 1 aliphatic heterocycles. The zero-order valence-corrected chi connectivity index (χ0v) is 15.0. The number of ether oxygens (including phenoxy) is 1. The summed E-state index contributed by atoms with van der Waals surface area (Å²) in [6.45, 7) is 2.83. The Bertz CT molecular complexity index is 1230. The van der Waals surface area contributed by atoms with Crippen molar-refractivity contribution in [3.63, 3.8) is 0 Å². The van der Waals surface area contributed by atoms with Crippen LogP contribution in [0.5, 0.6) is 5.75 Å². The number of aromatic amines is 1. The van der Waals surface area contributed by atoms with Crippen LogP contribution < -0.4 is 15.3 Å². The summed E-state index contributed by atoms with van der Waals surface area (Å²) in [4.78, 5) is 31.1. The van der Waals surface area contributed by atoms with E-state index in [4.69, 9.17) is 9.72 Å². The lowest BCUT2D eigenvalue weighted by Crippen LogP contribution is -2.25. The average molecular weight is 362 g/mol. The van der Waals surface area contributed by atoms with Crippen LogP contribution in [0.1, 0.15) is 13.3 Å². The van der Waals surface area contributed by atoms with Crippen molar-refractivity contribution in [1.29, 1.82) is 0 Å². The van der Waals surface area contributed by atoms with Gasteiger partial charge in [-0.25, -0.2) is 19.3 Å². The van der Waals surface area contributed by atoms with Gasteiger partial charge in [0.15, 0.2) is 5.65 Å². The van der Waals surface area contributed by atoms with Crippen molar-refractivity contribution in [2.24, 2.45) is 0 Å². The molecule has 0 spiro atoms. The fraction of sp³-hybridized carbons (Fsp3) is 0.263. The van der Waals surface area contributed by atoms with Gasteiger partial charge < -0.3 is 9.64 Å². The van der Waals surface area contributed by atoms with Crippen molar-refractivity contribution >= 4 is 27.9 Å². The lowest BCUT2D eigenvalue weighted by atomic mass is 10.2. The predicted octanol–water partition coefficient (Wildman–Crippen LogP) is 2.26. The molecule has 8 heteroatoms. The Morgan fingerprint density at radius 2 is 2.04 bits per heavy atom. The van der Waals surface area contributed by atoms with E-state index in [2.05, 4.69) is 19.9 Å². The quantitative estimate of drug-likeness (QED) is 0.516. The van der Waals surface area contributed by atoms with Crippen LogP contribution in [0.3, 0.4) is 0 Å². The first-order valence-corrected chi connectivity index (χ1v) is 8.85. The second-order valence-electron chi connectivity index (χ2n) is 6.78. The van der Waals surface area contributed by atoms with Crippen molar-refractivity contribution in [3.8, 4) is 11.6 Å². The van der Waals surface area contributed by atoms with Gasteiger partial charge in [0.05, 0.1) is 17.3 Å². The van der Waals surface area contributed by atoms with E-state index in [1.165, 1.54) is 4.57 Å². The summed E-state index contributed by atoms with van der Waals surface area (Å²) in [5, 5.41) is 0. The first kappa shape index (κ1) is 15.8. The highest BCUT2D eigenvalue weighted by atomic mass is 16.5. The predicted molar refractivity (Wildman–Crippen MR) is 103 cm³/mol. The molecule has 1 atom stereocenters. The Balaban J connectivity index is 1.89. The maximum absolute atomic E-state index is 12.7. The zero-order valence-electron chi connectivity index (χ0n) is 15.0. The number of hydrogen-bond acceptors (Lipinski definition) is 6. The summed E-state index contributed by atoms with van der Waals surface area (Å²) in [6, 6.07) is 7.40. The fourth-order valence-corrected chi connectivity index (χ4v) is 3.52. The minimum Gasteiger partial charge on any atom is -0.488 e. The maximum Gasteiger partial charge on any atom is 0.333 e. The molecule has 4 aromatic rings. The molecule has 0 saturated carbocycles. The van der Waals surface area contributed by atoms with Crippen molar-refractivity contribution in [2.75, 3.05) is 18.5 Å². The molecule has 1 unspecified atom stereocenters. The Morgan fingerprint density at radius 3 is 2.93 bits per heavy atom. The Hall–Kier alpha value is -3.42. The second kappa shape index (κ2) is 5.80. The smallest absolute Gasteiger partial charge is 0.333 e. The summed E-state index contributed by atoms with van der Waals surface area (Å²) in [6.07, 6.45) is 4.21. The molecule has 1 N–H and O–H groups in total.